The zero-order valence-electron chi connectivity index (χ0n) is 16.3. The number of esters is 1. The Balaban J connectivity index is 2.48. The van der Waals surface area contributed by atoms with Gasteiger partial charge in [-0.1, -0.05) is 87.9 Å². The van der Waals surface area contributed by atoms with Gasteiger partial charge in [0.05, 0.1) is 0 Å². The van der Waals surface area contributed by atoms with Gasteiger partial charge in [0.15, 0.2) is 0 Å². The highest BCUT2D eigenvalue weighted by Gasteiger charge is 2.40. The summed E-state index contributed by atoms with van der Waals surface area (Å²) in [5.41, 5.74) is 1.82. The molecule has 0 bridgehead atoms. The summed E-state index contributed by atoms with van der Waals surface area (Å²) in [5, 5.41) is 0. The lowest BCUT2D eigenvalue weighted by Gasteiger charge is -2.43. The molecule has 0 N–H and O–H groups in total. The number of ether oxygens (including phenoxy) is 1. The summed E-state index contributed by atoms with van der Waals surface area (Å²) in [6.45, 7) is 8.46. The summed E-state index contributed by atoms with van der Waals surface area (Å²) in [4.78, 5) is 14.6. The molecule has 0 aliphatic heterocycles. The molecule has 2 aromatic rings. The van der Waals surface area contributed by atoms with Gasteiger partial charge in [-0.15, -0.1) is 0 Å². The number of carbonyl (C=O) groups excluding carboxylic acids is 1. The van der Waals surface area contributed by atoms with E-state index in [2.05, 4.69) is 74.2 Å². The van der Waals surface area contributed by atoms with E-state index in [1.165, 1.54) is 0 Å². The second-order valence-corrected chi connectivity index (χ2v) is 6.53. The normalized spacial score (nSPS) is 11.5. The van der Waals surface area contributed by atoms with Crippen molar-refractivity contribution in [3.63, 3.8) is 0 Å². The van der Waals surface area contributed by atoms with Crippen LogP contribution in [0.3, 0.4) is 0 Å². The molecular formula is C23H31NO2. The Bertz CT molecular complexity index is 611. The van der Waals surface area contributed by atoms with Crippen molar-refractivity contribution >= 4 is 5.97 Å². The van der Waals surface area contributed by atoms with E-state index in [0.29, 0.717) is 13.0 Å². The highest BCUT2D eigenvalue weighted by molar-refractivity contribution is 5.69. The lowest BCUT2D eigenvalue weighted by atomic mass is 9.81. The number of unbranched alkanes of at least 4 members (excludes halogenated alkanes) is 1. The molecule has 0 saturated carbocycles. The molecule has 0 spiro atoms. The van der Waals surface area contributed by atoms with E-state index in [0.717, 1.165) is 37.1 Å². The highest BCUT2D eigenvalue weighted by atomic mass is 16.5. The third-order valence-corrected chi connectivity index (χ3v) is 4.98. The van der Waals surface area contributed by atoms with E-state index in [1.807, 2.05) is 12.1 Å². The largest absolute Gasteiger partial charge is 0.463 e. The average Bonchev–Trinajstić information content (AvgIpc) is 2.71. The standard InChI is InChI=1S/C23H31NO2/c1-4-7-18-22(25)26-19-23(24(5-2)6-3,20-14-10-8-11-15-20)21-16-12-9-13-17-21/h8-17H,4-7,18-19H2,1-3H3. The van der Waals surface area contributed by atoms with E-state index in [4.69, 9.17) is 4.74 Å². The molecule has 3 nitrogen and oxygen atoms in total. The van der Waals surface area contributed by atoms with Gasteiger partial charge in [-0.3, -0.25) is 9.69 Å². The third kappa shape index (κ3) is 4.53. The molecule has 0 unspecified atom stereocenters. The smallest absolute Gasteiger partial charge is 0.305 e. The van der Waals surface area contributed by atoms with Gasteiger partial charge in [0, 0.05) is 6.42 Å². The van der Waals surface area contributed by atoms with E-state index in [-0.39, 0.29) is 5.97 Å². The number of hydrogen-bond acceptors (Lipinski definition) is 3. The van der Waals surface area contributed by atoms with Crippen molar-refractivity contribution in [2.75, 3.05) is 19.7 Å². The zero-order valence-corrected chi connectivity index (χ0v) is 16.3. The Morgan fingerprint density at radius 1 is 0.885 bits per heavy atom. The molecular weight excluding hydrogens is 322 g/mol. The second kappa shape index (κ2) is 10.1. The first-order chi connectivity index (χ1) is 12.7. The maximum atomic E-state index is 12.3. The molecule has 3 heteroatoms. The van der Waals surface area contributed by atoms with Gasteiger partial charge in [0.25, 0.3) is 0 Å². The summed E-state index contributed by atoms with van der Waals surface area (Å²) in [6.07, 6.45) is 2.34. The first kappa shape index (κ1) is 20.2. The molecule has 26 heavy (non-hydrogen) atoms. The van der Waals surface area contributed by atoms with Crippen LogP contribution in [0.1, 0.15) is 51.2 Å². The average molecular weight is 354 g/mol. The Labute approximate surface area is 158 Å². The van der Waals surface area contributed by atoms with Crippen molar-refractivity contribution in [1.29, 1.82) is 0 Å². The van der Waals surface area contributed by atoms with Gasteiger partial charge in [-0.25, -0.2) is 0 Å². The molecule has 2 aromatic carbocycles. The van der Waals surface area contributed by atoms with Crippen LogP contribution in [-0.2, 0) is 15.1 Å². The maximum Gasteiger partial charge on any atom is 0.305 e. The minimum atomic E-state index is -0.478. The highest BCUT2D eigenvalue weighted by Crippen LogP contribution is 2.36. The molecule has 0 aromatic heterocycles. The van der Waals surface area contributed by atoms with Crippen LogP contribution >= 0.6 is 0 Å². The summed E-state index contributed by atoms with van der Waals surface area (Å²) >= 11 is 0. The SMILES string of the molecule is CCCCC(=O)OCC(c1ccccc1)(c1ccccc1)N(CC)CC. The van der Waals surface area contributed by atoms with Gasteiger partial charge < -0.3 is 4.74 Å². The molecule has 0 heterocycles. The predicted octanol–water partition coefficient (Wildman–Crippen LogP) is 5.01. The zero-order chi connectivity index (χ0) is 18.8. The summed E-state index contributed by atoms with van der Waals surface area (Å²) in [6, 6.07) is 20.8. The van der Waals surface area contributed by atoms with Crippen LogP contribution in [0.5, 0.6) is 0 Å². The van der Waals surface area contributed by atoms with Gasteiger partial charge in [-0.05, 0) is 30.6 Å². The van der Waals surface area contributed by atoms with E-state index >= 15 is 0 Å². The summed E-state index contributed by atoms with van der Waals surface area (Å²) in [5.74, 6) is -0.116. The topological polar surface area (TPSA) is 29.5 Å². The fraction of sp³-hybridized carbons (Fsp3) is 0.435. The first-order valence-electron chi connectivity index (χ1n) is 9.70. The first-order valence-corrected chi connectivity index (χ1v) is 9.70. The molecule has 140 valence electrons. The van der Waals surface area contributed by atoms with Crippen molar-refractivity contribution in [3.8, 4) is 0 Å². The molecule has 0 aliphatic carbocycles. The number of benzene rings is 2. The van der Waals surface area contributed by atoms with E-state index < -0.39 is 5.54 Å². The Morgan fingerprint density at radius 3 is 1.81 bits per heavy atom. The second-order valence-electron chi connectivity index (χ2n) is 6.53. The lowest BCUT2D eigenvalue weighted by molar-refractivity contribution is -0.147. The molecule has 0 amide bonds. The van der Waals surface area contributed by atoms with Crippen LogP contribution in [-0.4, -0.2) is 30.6 Å². The molecule has 0 saturated heterocycles. The van der Waals surface area contributed by atoms with Crippen molar-refractivity contribution in [2.45, 2.75) is 45.6 Å². The van der Waals surface area contributed by atoms with E-state index in [1.54, 1.807) is 0 Å². The fourth-order valence-corrected chi connectivity index (χ4v) is 3.56. The van der Waals surface area contributed by atoms with Gasteiger partial charge in [0.1, 0.15) is 12.1 Å². The molecule has 0 fully saturated rings. The Hall–Kier alpha value is -2.13. The number of carbonyl (C=O) groups is 1. The fourth-order valence-electron chi connectivity index (χ4n) is 3.56. The summed E-state index contributed by atoms with van der Waals surface area (Å²) < 4.78 is 5.82. The number of nitrogens with zero attached hydrogens (tertiary/aromatic N) is 1. The van der Waals surface area contributed by atoms with Crippen molar-refractivity contribution in [2.24, 2.45) is 0 Å². The van der Waals surface area contributed by atoms with Crippen LogP contribution in [0.2, 0.25) is 0 Å². The Morgan fingerprint density at radius 2 is 1.38 bits per heavy atom. The molecule has 2 rings (SSSR count). The van der Waals surface area contributed by atoms with Gasteiger partial charge >= 0.3 is 5.97 Å². The quantitative estimate of drug-likeness (QED) is 0.563. The Kier molecular flexibility index (Phi) is 7.86. The number of likely N-dealkylation sites (N-methyl/N-ethyl adjacent to an activating group) is 1. The number of rotatable bonds is 10. The lowest BCUT2D eigenvalue weighted by Crippen LogP contribution is -2.50. The molecule has 0 aliphatic rings. The maximum absolute atomic E-state index is 12.3. The van der Waals surface area contributed by atoms with Crippen LogP contribution in [0.25, 0.3) is 0 Å². The van der Waals surface area contributed by atoms with Crippen molar-refractivity contribution < 1.29 is 9.53 Å². The molecule has 0 atom stereocenters. The predicted molar refractivity (Wildman–Crippen MR) is 107 cm³/mol. The van der Waals surface area contributed by atoms with Crippen molar-refractivity contribution in [1.82, 2.24) is 4.90 Å². The van der Waals surface area contributed by atoms with Crippen LogP contribution < -0.4 is 0 Å². The van der Waals surface area contributed by atoms with Crippen LogP contribution in [0.4, 0.5) is 0 Å². The third-order valence-electron chi connectivity index (χ3n) is 4.98. The number of hydrogen-bond donors (Lipinski definition) is 0. The molecule has 0 radical (unpaired) electrons. The van der Waals surface area contributed by atoms with Crippen LogP contribution in [0.15, 0.2) is 60.7 Å². The van der Waals surface area contributed by atoms with E-state index in [9.17, 15) is 4.79 Å². The minimum absolute atomic E-state index is 0.116. The van der Waals surface area contributed by atoms with Crippen molar-refractivity contribution in [3.05, 3.63) is 71.8 Å². The summed E-state index contributed by atoms with van der Waals surface area (Å²) in [7, 11) is 0. The van der Waals surface area contributed by atoms with Gasteiger partial charge in [0.2, 0.25) is 0 Å². The van der Waals surface area contributed by atoms with Crippen LogP contribution in [0, 0.1) is 0 Å². The van der Waals surface area contributed by atoms with Gasteiger partial charge in [-0.2, -0.15) is 0 Å². The monoisotopic (exact) mass is 353 g/mol. The minimum Gasteiger partial charge on any atom is -0.463 e.